The third kappa shape index (κ3) is 4.04. The highest BCUT2D eigenvalue weighted by atomic mass is 17.3. The van der Waals surface area contributed by atoms with Crippen LogP contribution in [0.15, 0.2) is 0 Å². The Labute approximate surface area is 73.9 Å². The maximum absolute atomic E-state index is 5.12. The fraction of sp³-hybridized carbons (Fsp3) is 1.00. The topological polar surface area (TPSA) is 27.7 Å². The highest BCUT2D eigenvalue weighted by molar-refractivity contribution is 4.47. The highest BCUT2D eigenvalue weighted by Gasteiger charge is 2.16. The Morgan fingerprint density at radius 2 is 2.00 bits per heavy atom. The number of ether oxygens (including phenoxy) is 1. The molecule has 0 bridgehead atoms. The van der Waals surface area contributed by atoms with Gasteiger partial charge < -0.3 is 4.74 Å². The molecule has 0 unspecified atom stereocenters. The summed E-state index contributed by atoms with van der Waals surface area (Å²) in [6.45, 7) is 2.51. The maximum Gasteiger partial charge on any atom is 0.194 e. The molecule has 0 spiro atoms. The van der Waals surface area contributed by atoms with Crippen molar-refractivity contribution in [1.29, 1.82) is 0 Å². The maximum atomic E-state index is 5.12. The van der Waals surface area contributed by atoms with E-state index in [4.69, 9.17) is 9.62 Å². The van der Waals surface area contributed by atoms with Crippen LogP contribution >= 0.6 is 0 Å². The fourth-order valence-corrected chi connectivity index (χ4v) is 1.28. The van der Waals surface area contributed by atoms with Gasteiger partial charge in [0, 0.05) is 6.42 Å². The second-order valence-corrected chi connectivity index (χ2v) is 3.13. The first-order valence-electron chi connectivity index (χ1n) is 4.83. The molecule has 1 saturated heterocycles. The van der Waals surface area contributed by atoms with Gasteiger partial charge in [0.25, 0.3) is 0 Å². The van der Waals surface area contributed by atoms with E-state index in [1.54, 1.807) is 0 Å². The largest absolute Gasteiger partial charge is 0.320 e. The van der Waals surface area contributed by atoms with Gasteiger partial charge >= 0.3 is 0 Å². The summed E-state index contributed by atoms with van der Waals surface area (Å²) in [6.07, 6.45) is 7.26. The lowest BCUT2D eigenvalue weighted by molar-refractivity contribution is -0.278. The number of hydrogen-bond acceptors (Lipinski definition) is 3. The summed E-state index contributed by atoms with van der Waals surface area (Å²) in [5, 5.41) is 0. The molecule has 3 nitrogen and oxygen atoms in total. The summed E-state index contributed by atoms with van der Waals surface area (Å²) in [5.41, 5.74) is 0. The van der Waals surface area contributed by atoms with Crippen molar-refractivity contribution in [3.8, 4) is 0 Å². The molecule has 0 saturated carbocycles. The SMILES string of the molecule is CCCCCCC[C@@H]1OCOO1. The minimum atomic E-state index is -0.105. The normalized spacial score (nSPS) is 23.2. The van der Waals surface area contributed by atoms with Gasteiger partial charge in [-0.15, -0.1) is 0 Å². The number of unbranched alkanes of at least 4 members (excludes halogenated alkanes) is 4. The molecule has 1 aliphatic heterocycles. The van der Waals surface area contributed by atoms with E-state index < -0.39 is 0 Å². The molecule has 0 aromatic heterocycles. The summed E-state index contributed by atoms with van der Waals surface area (Å²) in [7, 11) is 0. The van der Waals surface area contributed by atoms with Crippen LogP contribution in [0.1, 0.15) is 45.4 Å². The van der Waals surface area contributed by atoms with Crippen LogP contribution in [-0.4, -0.2) is 13.1 Å². The molecule has 1 atom stereocenters. The van der Waals surface area contributed by atoms with Crippen LogP contribution < -0.4 is 0 Å². The molecule has 3 heteroatoms. The van der Waals surface area contributed by atoms with Gasteiger partial charge in [-0.2, -0.15) is 0 Å². The Balaban J connectivity index is 1.81. The zero-order valence-corrected chi connectivity index (χ0v) is 7.75. The Kier molecular flexibility index (Phi) is 5.32. The van der Waals surface area contributed by atoms with E-state index in [1.807, 2.05) is 0 Å². The van der Waals surface area contributed by atoms with Gasteiger partial charge in [0.15, 0.2) is 13.1 Å². The molecule has 0 amide bonds. The van der Waals surface area contributed by atoms with Crippen molar-refractivity contribution in [2.45, 2.75) is 51.7 Å². The molecular weight excluding hydrogens is 156 g/mol. The summed E-state index contributed by atoms with van der Waals surface area (Å²) < 4.78 is 5.12. The lowest BCUT2D eigenvalue weighted by atomic mass is 10.1. The molecule has 72 valence electrons. The molecule has 0 radical (unpaired) electrons. The molecule has 1 aliphatic rings. The van der Waals surface area contributed by atoms with Crippen LogP contribution in [0.4, 0.5) is 0 Å². The fourth-order valence-electron chi connectivity index (χ4n) is 1.28. The molecule has 0 aromatic rings. The summed E-state index contributed by atoms with van der Waals surface area (Å²) in [5.74, 6) is 0. The van der Waals surface area contributed by atoms with E-state index in [9.17, 15) is 0 Å². The molecule has 12 heavy (non-hydrogen) atoms. The van der Waals surface area contributed by atoms with Crippen molar-refractivity contribution in [2.24, 2.45) is 0 Å². The van der Waals surface area contributed by atoms with E-state index >= 15 is 0 Å². The van der Waals surface area contributed by atoms with Crippen molar-refractivity contribution in [3.05, 3.63) is 0 Å². The molecule has 0 aromatic carbocycles. The van der Waals surface area contributed by atoms with Crippen molar-refractivity contribution in [1.82, 2.24) is 0 Å². The summed E-state index contributed by atoms with van der Waals surface area (Å²) in [6, 6.07) is 0. The van der Waals surface area contributed by atoms with E-state index in [1.165, 1.54) is 32.1 Å². The molecule has 1 fully saturated rings. The summed E-state index contributed by atoms with van der Waals surface area (Å²) >= 11 is 0. The van der Waals surface area contributed by atoms with Crippen LogP contribution in [0.3, 0.4) is 0 Å². The zero-order chi connectivity index (χ0) is 8.65. The number of rotatable bonds is 6. The van der Waals surface area contributed by atoms with Crippen molar-refractivity contribution < 1.29 is 14.5 Å². The smallest absolute Gasteiger partial charge is 0.194 e. The third-order valence-corrected chi connectivity index (χ3v) is 2.02. The van der Waals surface area contributed by atoms with Crippen molar-refractivity contribution in [2.75, 3.05) is 6.79 Å². The second kappa shape index (κ2) is 6.40. The van der Waals surface area contributed by atoms with Gasteiger partial charge in [0.1, 0.15) is 0 Å². The average molecular weight is 174 g/mol. The van der Waals surface area contributed by atoms with E-state index in [2.05, 4.69) is 11.8 Å². The Morgan fingerprint density at radius 3 is 2.67 bits per heavy atom. The first kappa shape index (κ1) is 9.96. The third-order valence-electron chi connectivity index (χ3n) is 2.02. The van der Waals surface area contributed by atoms with Gasteiger partial charge in [-0.05, 0) is 6.42 Å². The first-order valence-corrected chi connectivity index (χ1v) is 4.83. The van der Waals surface area contributed by atoms with E-state index in [0.717, 1.165) is 6.42 Å². The standard InChI is InChI=1S/C9H18O3/c1-2-3-4-5-6-7-9-10-8-11-12-9/h9H,2-8H2,1H3/t9-/m1/s1. The van der Waals surface area contributed by atoms with Crippen molar-refractivity contribution in [3.63, 3.8) is 0 Å². The number of hydrogen-bond donors (Lipinski definition) is 0. The molecule has 1 rings (SSSR count). The van der Waals surface area contributed by atoms with Crippen LogP contribution in [0.2, 0.25) is 0 Å². The van der Waals surface area contributed by atoms with Gasteiger partial charge in [0.2, 0.25) is 0 Å². The van der Waals surface area contributed by atoms with Crippen molar-refractivity contribution >= 4 is 0 Å². The second-order valence-electron chi connectivity index (χ2n) is 3.13. The monoisotopic (exact) mass is 174 g/mol. The first-order chi connectivity index (χ1) is 5.93. The van der Waals surface area contributed by atoms with Crippen LogP contribution in [0.5, 0.6) is 0 Å². The van der Waals surface area contributed by atoms with Crippen LogP contribution in [0, 0.1) is 0 Å². The zero-order valence-electron chi connectivity index (χ0n) is 7.75. The van der Waals surface area contributed by atoms with Gasteiger partial charge in [-0.1, -0.05) is 32.6 Å². The van der Waals surface area contributed by atoms with Gasteiger partial charge in [0.05, 0.1) is 0 Å². The van der Waals surface area contributed by atoms with E-state index in [-0.39, 0.29) is 6.29 Å². The summed E-state index contributed by atoms with van der Waals surface area (Å²) in [4.78, 5) is 9.45. The predicted octanol–water partition coefficient (Wildman–Crippen LogP) is 2.61. The Hall–Kier alpha value is -0.120. The Bertz CT molecular complexity index is 99.9. The van der Waals surface area contributed by atoms with Crippen LogP contribution in [0.25, 0.3) is 0 Å². The lowest BCUT2D eigenvalue weighted by Crippen LogP contribution is -2.06. The molecule has 0 N–H and O–H groups in total. The Morgan fingerprint density at radius 1 is 1.17 bits per heavy atom. The van der Waals surface area contributed by atoms with E-state index in [0.29, 0.717) is 6.79 Å². The highest BCUT2D eigenvalue weighted by Crippen LogP contribution is 2.14. The van der Waals surface area contributed by atoms with Crippen LogP contribution in [-0.2, 0) is 14.5 Å². The minimum absolute atomic E-state index is 0.105. The average Bonchev–Trinajstić information content (AvgIpc) is 2.57. The minimum Gasteiger partial charge on any atom is -0.320 e. The lowest BCUT2D eigenvalue weighted by Gasteiger charge is -2.04. The molecule has 1 heterocycles. The molecule has 0 aliphatic carbocycles. The van der Waals surface area contributed by atoms with Gasteiger partial charge in [-0.3, -0.25) is 0 Å². The quantitative estimate of drug-likeness (QED) is 0.457. The van der Waals surface area contributed by atoms with Gasteiger partial charge in [-0.25, -0.2) is 9.78 Å². The predicted molar refractivity (Wildman–Crippen MR) is 45.3 cm³/mol. The molecular formula is C9H18O3.